The molecule has 0 aliphatic rings. The number of carbonyl (C=O) groups is 1. The molecule has 0 unspecified atom stereocenters. The van der Waals surface area contributed by atoms with E-state index in [4.69, 9.17) is 21.6 Å². The second-order valence-electron chi connectivity index (χ2n) is 3.75. The van der Waals surface area contributed by atoms with Gasteiger partial charge < -0.3 is 10.1 Å². The number of ether oxygens (including phenoxy) is 1. The van der Waals surface area contributed by atoms with E-state index in [2.05, 4.69) is 16.9 Å². The lowest BCUT2D eigenvalue weighted by Gasteiger charge is -2.10. The Morgan fingerprint density at radius 1 is 1.67 bits per heavy atom. The molecule has 7 heteroatoms. The molecular weight excluding hydrogens is 310 g/mol. The van der Waals surface area contributed by atoms with E-state index >= 15 is 0 Å². The van der Waals surface area contributed by atoms with Crippen LogP contribution in [-0.4, -0.2) is 23.8 Å². The van der Waals surface area contributed by atoms with Crippen molar-refractivity contribution in [3.05, 3.63) is 52.3 Å². The molecule has 1 aromatic rings. The predicted octanol–water partition coefficient (Wildman–Crippen LogP) is 2.65. The molecule has 0 spiro atoms. The van der Waals surface area contributed by atoms with E-state index in [1.807, 2.05) is 12.1 Å². The smallest absolute Gasteiger partial charge is 0.351 e. The monoisotopic (exact) mass is 323 g/mol. The van der Waals surface area contributed by atoms with Crippen LogP contribution in [0.4, 0.5) is 0 Å². The van der Waals surface area contributed by atoms with Crippen LogP contribution >= 0.6 is 23.4 Å². The summed E-state index contributed by atoms with van der Waals surface area (Å²) >= 11 is 6.97. The number of esters is 1. The second-order valence-corrected chi connectivity index (χ2v) is 4.95. The lowest BCUT2D eigenvalue weighted by atomic mass is 10.3. The Balaban J connectivity index is 2.80. The molecule has 1 N–H and O–H groups in total. The van der Waals surface area contributed by atoms with Crippen molar-refractivity contribution in [2.45, 2.75) is 6.54 Å². The van der Waals surface area contributed by atoms with Crippen molar-refractivity contribution in [1.29, 1.82) is 5.26 Å². The number of halogens is 1. The van der Waals surface area contributed by atoms with Crippen LogP contribution in [0.15, 0.2) is 41.6 Å². The fraction of sp³-hybridized carbons (Fsp3) is 0.214. The van der Waals surface area contributed by atoms with Crippen molar-refractivity contribution < 1.29 is 9.53 Å². The number of hydrogen-bond acceptors (Lipinski definition) is 6. The molecule has 0 fully saturated rings. The highest BCUT2D eigenvalue weighted by Crippen LogP contribution is 2.16. The fourth-order valence-electron chi connectivity index (χ4n) is 1.35. The van der Waals surface area contributed by atoms with E-state index in [1.165, 1.54) is 17.8 Å². The van der Waals surface area contributed by atoms with E-state index in [0.29, 0.717) is 16.7 Å². The van der Waals surface area contributed by atoms with Gasteiger partial charge in [-0.05, 0) is 17.9 Å². The Hall–Kier alpha value is -1.97. The molecule has 0 radical (unpaired) electrons. The molecule has 0 saturated carbocycles. The van der Waals surface area contributed by atoms with Crippen LogP contribution in [0, 0.1) is 11.3 Å². The number of thioether (sulfide) groups is 1. The third kappa shape index (κ3) is 5.50. The molecule has 0 saturated heterocycles. The number of rotatable bonds is 7. The number of pyridine rings is 1. The van der Waals surface area contributed by atoms with Crippen LogP contribution in [0.3, 0.4) is 0 Å². The van der Waals surface area contributed by atoms with Gasteiger partial charge in [0.2, 0.25) is 0 Å². The normalized spacial score (nSPS) is 11.1. The van der Waals surface area contributed by atoms with Gasteiger partial charge in [0.15, 0.2) is 5.57 Å². The maximum atomic E-state index is 11.8. The number of nitrogens with zero attached hydrogens (tertiary/aromatic N) is 2. The Kier molecular flexibility index (Phi) is 7.37. The minimum atomic E-state index is -0.677. The average Bonchev–Trinajstić information content (AvgIpc) is 2.50. The maximum Gasteiger partial charge on any atom is 0.351 e. The molecule has 5 nitrogen and oxygen atoms in total. The van der Waals surface area contributed by atoms with Crippen LogP contribution in [-0.2, 0) is 16.1 Å². The average molecular weight is 324 g/mol. The zero-order valence-corrected chi connectivity index (χ0v) is 13.0. The topological polar surface area (TPSA) is 75.0 Å². The van der Waals surface area contributed by atoms with Crippen LogP contribution in [0.5, 0.6) is 0 Å². The minimum absolute atomic E-state index is 0.0623. The summed E-state index contributed by atoms with van der Waals surface area (Å²) in [6.45, 7) is 3.93. The van der Waals surface area contributed by atoms with Gasteiger partial charge in [0.25, 0.3) is 0 Å². The van der Waals surface area contributed by atoms with Crippen LogP contribution in [0.1, 0.15) is 5.56 Å². The standard InChI is InChI=1S/C14H14ClN3O2S/c1-3-6-20-14(19)11(7-16)13(21-2)18-9-10-4-5-12(15)17-8-10/h3-5,8,18H,1,6,9H2,2H3/b13-11-. The number of hydrogen-bond donors (Lipinski definition) is 1. The molecule has 21 heavy (non-hydrogen) atoms. The molecule has 0 aliphatic carbocycles. The molecule has 110 valence electrons. The van der Waals surface area contributed by atoms with Crippen molar-refractivity contribution in [1.82, 2.24) is 10.3 Å². The first-order chi connectivity index (χ1) is 10.1. The lowest BCUT2D eigenvalue weighted by molar-refractivity contribution is -0.137. The molecule has 0 aliphatic heterocycles. The Bertz CT molecular complexity index is 579. The number of aromatic nitrogens is 1. The zero-order chi connectivity index (χ0) is 15.7. The van der Waals surface area contributed by atoms with E-state index in [9.17, 15) is 4.79 Å². The maximum absolute atomic E-state index is 11.8. The van der Waals surface area contributed by atoms with Crippen molar-refractivity contribution in [2.75, 3.05) is 12.9 Å². The summed E-state index contributed by atoms with van der Waals surface area (Å²) < 4.78 is 4.87. The first kappa shape index (κ1) is 17.1. The van der Waals surface area contributed by atoms with E-state index in [0.717, 1.165) is 5.56 Å². The first-order valence-electron chi connectivity index (χ1n) is 5.93. The van der Waals surface area contributed by atoms with Gasteiger partial charge in [-0.15, -0.1) is 11.8 Å². The first-order valence-corrected chi connectivity index (χ1v) is 7.53. The van der Waals surface area contributed by atoms with E-state index in [-0.39, 0.29) is 12.2 Å². The highest BCUT2D eigenvalue weighted by atomic mass is 35.5. The Labute approximate surface area is 132 Å². The third-order valence-electron chi connectivity index (χ3n) is 2.32. The summed E-state index contributed by atoms with van der Waals surface area (Å²) in [6, 6.07) is 5.34. The van der Waals surface area contributed by atoms with E-state index < -0.39 is 5.97 Å². The van der Waals surface area contributed by atoms with Crippen LogP contribution < -0.4 is 5.32 Å². The van der Waals surface area contributed by atoms with Gasteiger partial charge in [-0.25, -0.2) is 9.78 Å². The van der Waals surface area contributed by atoms with Gasteiger partial charge in [-0.1, -0.05) is 30.3 Å². The van der Waals surface area contributed by atoms with Gasteiger partial charge in [-0.2, -0.15) is 5.26 Å². The van der Waals surface area contributed by atoms with Crippen molar-refractivity contribution >= 4 is 29.3 Å². The summed E-state index contributed by atoms with van der Waals surface area (Å²) in [5, 5.41) is 13.0. The molecule has 0 atom stereocenters. The van der Waals surface area contributed by atoms with Crippen molar-refractivity contribution in [3.8, 4) is 6.07 Å². The molecule has 0 bridgehead atoms. The van der Waals surface area contributed by atoms with Gasteiger partial charge in [0.1, 0.15) is 17.8 Å². The second kappa shape index (κ2) is 9.06. The highest BCUT2D eigenvalue weighted by Gasteiger charge is 2.16. The summed E-state index contributed by atoms with van der Waals surface area (Å²) in [5.41, 5.74) is 0.814. The molecule has 0 aromatic carbocycles. The van der Waals surface area contributed by atoms with Crippen LogP contribution in [0.2, 0.25) is 5.15 Å². The number of nitrogens with one attached hydrogen (secondary N) is 1. The van der Waals surface area contributed by atoms with E-state index in [1.54, 1.807) is 18.5 Å². The lowest BCUT2D eigenvalue weighted by Crippen LogP contribution is -2.17. The zero-order valence-electron chi connectivity index (χ0n) is 11.4. The summed E-state index contributed by atoms with van der Waals surface area (Å²) in [5.74, 6) is -0.677. The van der Waals surface area contributed by atoms with Gasteiger partial charge in [0, 0.05) is 12.7 Å². The number of nitriles is 1. The molecule has 1 rings (SSSR count). The molecular formula is C14H14ClN3O2S. The predicted molar refractivity (Wildman–Crippen MR) is 83.4 cm³/mol. The van der Waals surface area contributed by atoms with Crippen molar-refractivity contribution in [2.24, 2.45) is 0 Å². The molecule has 1 aromatic heterocycles. The fourth-order valence-corrected chi connectivity index (χ4v) is 2.01. The highest BCUT2D eigenvalue weighted by molar-refractivity contribution is 8.02. The SMILES string of the molecule is C=CCOC(=O)/C(C#N)=C(/NCc1ccc(Cl)nc1)SC. The largest absolute Gasteiger partial charge is 0.457 e. The molecule has 0 amide bonds. The van der Waals surface area contributed by atoms with Gasteiger partial charge >= 0.3 is 5.97 Å². The van der Waals surface area contributed by atoms with Gasteiger partial charge in [-0.3, -0.25) is 0 Å². The van der Waals surface area contributed by atoms with Crippen LogP contribution in [0.25, 0.3) is 0 Å². The number of carbonyl (C=O) groups excluding carboxylic acids is 1. The third-order valence-corrected chi connectivity index (χ3v) is 3.30. The van der Waals surface area contributed by atoms with Gasteiger partial charge in [0.05, 0.1) is 5.03 Å². The summed E-state index contributed by atoms with van der Waals surface area (Å²) in [6.07, 6.45) is 4.83. The Morgan fingerprint density at radius 3 is 2.95 bits per heavy atom. The molecule has 1 heterocycles. The Morgan fingerprint density at radius 2 is 2.43 bits per heavy atom. The summed E-state index contributed by atoms with van der Waals surface area (Å²) in [7, 11) is 0. The minimum Gasteiger partial charge on any atom is -0.457 e. The quantitative estimate of drug-likeness (QED) is 0.273. The summed E-state index contributed by atoms with van der Waals surface area (Å²) in [4.78, 5) is 15.7. The van der Waals surface area contributed by atoms with Crippen molar-refractivity contribution in [3.63, 3.8) is 0 Å².